The van der Waals surface area contributed by atoms with E-state index >= 15 is 0 Å². The lowest BCUT2D eigenvalue weighted by Crippen LogP contribution is -2.18. The van der Waals surface area contributed by atoms with Crippen molar-refractivity contribution in [3.63, 3.8) is 0 Å². The van der Waals surface area contributed by atoms with Gasteiger partial charge in [0.25, 0.3) is 0 Å². The van der Waals surface area contributed by atoms with Crippen LogP contribution in [0.25, 0.3) is 0 Å². The molecule has 21 heavy (non-hydrogen) atoms. The van der Waals surface area contributed by atoms with E-state index in [0.717, 1.165) is 4.47 Å². The first-order chi connectivity index (χ1) is 9.93. The van der Waals surface area contributed by atoms with E-state index in [4.69, 9.17) is 27.3 Å². The minimum atomic E-state index is -0.103. The molecule has 0 aliphatic rings. The zero-order chi connectivity index (χ0) is 15.6. The largest absolute Gasteiger partial charge is 0.435 e. The van der Waals surface area contributed by atoms with Crippen LogP contribution < -0.4 is 10.5 Å². The van der Waals surface area contributed by atoms with Crippen LogP contribution in [0.1, 0.15) is 16.8 Å². The van der Waals surface area contributed by atoms with Crippen LogP contribution in [-0.4, -0.2) is 21.2 Å². The quantitative estimate of drug-likeness (QED) is 0.373. The third-order valence-electron chi connectivity index (χ3n) is 2.89. The zero-order valence-corrected chi connectivity index (χ0v) is 13.6. The van der Waals surface area contributed by atoms with Gasteiger partial charge in [0, 0.05) is 4.47 Å². The Hall–Kier alpha value is -1.86. The number of nitrogens with two attached hydrogens (primary N) is 1. The first kappa shape index (κ1) is 15.5. The highest BCUT2D eigenvalue weighted by Gasteiger charge is 2.18. The first-order valence-corrected chi connectivity index (χ1v) is 7.05. The zero-order valence-electron chi connectivity index (χ0n) is 11.3. The monoisotopic (exact) mass is 370 g/mol. The van der Waals surface area contributed by atoms with E-state index in [0.29, 0.717) is 27.6 Å². The minimum Gasteiger partial charge on any atom is -0.435 e. The smallest absolute Gasteiger partial charge is 0.250 e. The summed E-state index contributed by atoms with van der Waals surface area (Å²) >= 11 is 9.41. The van der Waals surface area contributed by atoms with Gasteiger partial charge in [-0.3, -0.25) is 0 Å². The lowest BCUT2D eigenvalue weighted by molar-refractivity contribution is 0.318. The van der Waals surface area contributed by atoms with E-state index in [9.17, 15) is 0 Å². The molecule has 0 radical (unpaired) electrons. The molecule has 0 atom stereocenters. The van der Waals surface area contributed by atoms with Gasteiger partial charge >= 0.3 is 0 Å². The Morgan fingerprint density at radius 3 is 2.71 bits per heavy atom. The van der Waals surface area contributed by atoms with E-state index in [2.05, 4.69) is 31.3 Å². The molecule has 6 nitrogen and oxygen atoms in total. The van der Waals surface area contributed by atoms with Gasteiger partial charge in [0.2, 0.25) is 5.88 Å². The average Bonchev–Trinajstić information content (AvgIpc) is 2.45. The van der Waals surface area contributed by atoms with Crippen LogP contribution >= 0.6 is 27.5 Å². The highest BCUT2D eigenvalue weighted by Crippen LogP contribution is 2.33. The predicted molar refractivity (Wildman–Crippen MR) is 83.2 cm³/mol. The van der Waals surface area contributed by atoms with Crippen molar-refractivity contribution in [2.75, 3.05) is 0 Å². The third-order valence-corrected chi connectivity index (χ3v) is 3.68. The SMILES string of the molecule is Cc1nnc(Oc2ccc(Br)cc2Cl)c(/C(N)=N/O)c1C. The summed E-state index contributed by atoms with van der Waals surface area (Å²) in [5, 5.41) is 20.2. The molecule has 0 bridgehead atoms. The standard InChI is InChI=1S/C13H12BrClN4O2/c1-6-7(2)17-18-13(11(6)12(16)19-20)21-10-4-3-8(14)5-9(10)15/h3-5,20H,1-2H3,(H2,16,19). The fraction of sp³-hybridized carbons (Fsp3) is 0.154. The molecule has 8 heteroatoms. The molecule has 2 aromatic rings. The number of amidine groups is 1. The van der Waals surface area contributed by atoms with Crippen molar-refractivity contribution < 1.29 is 9.94 Å². The van der Waals surface area contributed by atoms with E-state index in [1.54, 1.807) is 32.0 Å². The van der Waals surface area contributed by atoms with Gasteiger partial charge < -0.3 is 15.7 Å². The predicted octanol–water partition coefficient (Wildman–Crippen LogP) is 3.40. The number of nitrogens with zero attached hydrogens (tertiary/aromatic N) is 3. The Morgan fingerprint density at radius 2 is 2.10 bits per heavy atom. The molecule has 0 fully saturated rings. The molecule has 0 unspecified atom stereocenters. The lowest BCUT2D eigenvalue weighted by Gasteiger charge is -2.13. The van der Waals surface area contributed by atoms with E-state index in [1.807, 2.05) is 0 Å². The average molecular weight is 372 g/mol. The van der Waals surface area contributed by atoms with Crippen LogP contribution in [0, 0.1) is 13.8 Å². The molecule has 0 aliphatic heterocycles. The highest BCUT2D eigenvalue weighted by molar-refractivity contribution is 9.10. The molecule has 1 heterocycles. The van der Waals surface area contributed by atoms with E-state index in [-0.39, 0.29) is 11.7 Å². The summed E-state index contributed by atoms with van der Waals surface area (Å²) in [6.07, 6.45) is 0. The molecule has 0 amide bonds. The fourth-order valence-electron chi connectivity index (χ4n) is 1.67. The van der Waals surface area contributed by atoms with Crippen LogP contribution in [0.15, 0.2) is 27.8 Å². The van der Waals surface area contributed by atoms with Gasteiger partial charge in [-0.2, -0.15) is 5.10 Å². The number of benzene rings is 1. The molecule has 110 valence electrons. The second-order valence-electron chi connectivity index (χ2n) is 4.25. The number of ether oxygens (including phenoxy) is 1. The molecule has 2 rings (SSSR count). The van der Waals surface area contributed by atoms with Crippen molar-refractivity contribution in [3.05, 3.63) is 44.5 Å². The topological polar surface area (TPSA) is 93.6 Å². The van der Waals surface area contributed by atoms with Crippen LogP contribution in [0.4, 0.5) is 0 Å². The van der Waals surface area contributed by atoms with Crippen molar-refractivity contribution in [2.24, 2.45) is 10.9 Å². The van der Waals surface area contributed by atoms with Crippen molar-refractivity contribution >= 4 is 33.4 Å². The normalized spacial score (nSPS) is 11.5. The Labute approximate surface area is 134 Å². The number of aryl methyl sites for hydroxylation is 1. The summed E-state index contributed by atoms with van der Waals surface area (Å²) in [7, 11) is 0. The van der Waals surface area contributed by atoms with Gasteiger partial charge in [-0.1, -0.05) is 32.7 Å². The Morgan fingerprint density at radius 1 is 1.38 bits per heavy atom. The van der Waals surface area contributed by atoms with Gasteiger partial charge in [-0.25, -0.2) is 0 Å². The van der Waals surface area contributed by atoms with Gasteiger partial charge in [-0.05, 0) is 37.6 Å². The maximum atomic E-state index is 8.91. The second-order valence-corrected chi connectivity index (χ2v) is 5.58. The van der Waals surface area contributed by atoms with Gasteiger partial charge in [0.1, 0.15) is 5.75 Å². The Kier molecular flexibility index (Phi) is 4.64. The molecule has 0 saturated heterocycles. The van der Waals surface area contributed by atoms with Gasteiger partial charge in [0.05, 0.1) is 16.3 Å². The van der Waals surface area contributed by atoms with Crippen LogP contribution in [0.5, 0.6) is 11.6 Å². The van der Waals surface area contributed by atoms with Gasteiger partial charge in [0.15, 0.2) is 5.84 Å². The molecule has 0 aliphatic carbocycles. The number of halogens is 2. The number of hydrogen-bond acceptors (Lipinski definition) is 5. The maximum Gasteiger partial charge on any atom is 0.250 e. The van der Waals surface area contributed by atoms with E-state index in [1.165, 1.54) is 0 Å². The molecule has 0 spiro atoms. The Bertz CT molecular complexity index is 722. The summed E-state index contributed by atoms with van der Waals surface area (Å²) in [4.78, 5) is 0. The summed E-state index contributed by atoms with van der Waals surface area (Å²) in [5.74, 6) is 0.413. The molecular weight excluding hydrogens is 360 g/mol. The molecule has 0 saturated carbocycles. The molecular formula is C13H12BrClN4O2. The second kappa shape index (κ2) is 6.28. The summed E-state index contributed by atoms with van der Waals surface area (Å²) < 4.78 is 6.48. The highest BCUT2D eigenvalue weighted by atomic mass is 79.9. The summed E-state index contributed by atoms with van der Waals surface area (Å²) in [6.45, 7) is 3.56. The number of aromatic nitrogens is 2. The minimum absolute atomic E-state index is 0.103. The summed E-state index contributed by atoms with van der Waals surface area (Å²) in [6, 6.07) is 5.15. The van der Waals surface area contributed by atoms with Crippen molar-refractivity contribution in [1.82, 2.24) is 10.2 Å². The third kappa shape index (κ3) is 3.25. The molecule has 1 aromatic carbocycles. The van der Waals surface area contributed by atoms with Crippen molar-refractivity contribution in [1.29, 1.82) is 0 Å². The van der Waals surface area contributed by atoms with Crippen LogP contribution in [0.3, 0.4) is 0 Å². The first-order valence-electron chi connectivity index (χ1n) is 5.88. The number of rotatable bonds is 3. The van der Waals surface area contributed by atoms with Gasteiger partial charge in [-0.15, -0.1) is 5.10 Å². The molecule has 3 N–H and O–H groups in total. The van der Waals surface area contributed by atoms with Crippen molar-refractivity contribution in [2.45, 2.75) is 13.8 Å². The van der Waals surface area contributed by atoms with E-state index < -0.39 is 0 Å². The van der Waals surface area contributed by atoms with Crippen molar-refractivity contribution in [3.8, 4) is 11.6 Å². The maximum absolute atomic E-state index is 8.91. The number of hydrogen-bond donors (Lipinski definition) is 2. The summed E-state index contributed by atoms with van der Waals surface area (Å²) in [5.41, 5.74) is 7.44. The number of oxime groups is 1. The fourth-order valence-corrected chi connectivity index (χ4v) is 2.38. The van der Waals surface area contributed by atoms with Crippen LogP contribution in [0.2, 0.25) is 5.02 Å². The molecule has 1 aromatic heterocycles. The van der Waals surface area contributed by atoms with Crippen LogP contribution in [-0.2, 0) is 0 Å². The Balaban J connectivity index is 2.52. The lowest BCUT2D eigenvalue weighted by atomic mass is 10.1.